The molecule has 0 unspecified atom stereocenters. The van der Waals surface area contributed by atoms with Gasteiger partial charge < -0.3 is 14.6 Å². The van der Waals surface area contributed by atoms with Crippen LogP contribution < -0.4 is 5.32 Å². The summed E-state index contributed by atoms with van der Waals surface area (Å²) in [7, 11) is 0. The zero-order valence-corrected chi connectivity index (χ0v) is 18.8. The molecule has 0 saturated heterocycles. The molecule has 10 nitrogen and oxygen atoms in total. The Morgan fingerprint density at radius 3 is 2.60 bits per heavy atom. The van der Waals surface area contributed by atoms with E-state index in [1.54, 1.807) is 35.8 Å². The second-order valence-corrected chi connectivity index (χ2v) is 7.40. The Kier molecular flexibility index (Phi) is 6.63. The van der Waals surface area contributed by atoms with Crippen LogP contribution in [0.1, 0.15) is 22.8 Å². The Morgan fingerprint density at radius 2 is 1.91 bits per heavy atom. The van der Waals surface area contributed by atoms with Crippen LogP contribution in [-0.4, -0.2) is 37.9 Å². The number of benzene rings is 2. The number of hydrogen-bond acceptors (Lipinski definition) is 7. The first-order valence-electron chi connectivity index (χ1n) is 10.7. The van der Waals surface area contributed by atoms with Gasteiger partial charge in [0.05, 0.1) is 22.6 Å². The van der Waals surface area contributed by atoms with E-state index >= 15 is 0 Å². The number of nitrogens with zero attached hydrogens (tertiary/aromatic N) is 4. The quantitative estimate of drug-likeness (QED) is 0.132. The van der Waals surface area contributed by atoms with Crippen LogP contribution in [0.3, 0.4) is 0 Å². The lowest BCUT2D eigenvalue weighted by Crippen LogP contribution is -2.16. The molecule has 176 valence electrons. The first-order valence-corrected chi connectivity index (χ1v) is 10.7. The minimum absolute atomic E-state index is 0.0825. The van der Waals surface area contributed by atoms with E-state index in [1.165, 1.54) is 30.4 Å². The van der Waals surface area contributed by atoms with Crippen molar-refractivity contribution in [3.8, 4) is 0 Å². The van der Waals surface area contributed by atoms with Crippen LogP contribution >= 0.6 is 0 Å². The molecule has 0 bridgehead atoms. The standard InChI is InChI=1S/C25H21N5O5/c1-3-14-29-23(28-20(31)13-12-16-8-7-9-17(15-16)30(33)34)21(25(32)35-4-2)22-24(29)27-19-11-6-5-10-18(19)26-22/h3,5-13,15H,1,4,14H2,2H3,(H,28,31). The average molecular weight is 471 g/mol. The van der Waals surface area contributed by atoms with Gasteiger partial charge in [0, 0.05) is 24.8 Å². The molecule has 1 N–H and O–H groups in total. The number of allylic oxidation sites excluding steroid dienone is 1. The fourth-order valence-electron chi connectivity index (χ4n) is 3.61. The minimum Gasteiger partial charge on any atom is -0.462 e. The number of carbonyl (C=O) groups is 2. The average Bonchev–Trinajstić information content (AvgIpc) is 3.13. The van der Waals surface area contributed by atoms with Crippen molar-refractivity contribution >= 4 is 51.7 Å². The summed E-state index contributed by atoms with van der Waals surface area (Å²) in [5.41, 5.74) is 2.37. The van der Waals surface area contributed by atoms with E-state index in [0.717, 1.165) is 0 Å². The lowest BCUT2D eigenvalue weighted by Gasteiger charge is -2.10. The molecule has 10 heteroatoms. The van der Waals surface area contributed by atoms with Crippen molar-refractivity contribution in [3.05, 3.63) is 88.5 Å². The molecule has 1 amide bonds. The molecule has 2 aromatic heterocycles. The lowest BCUT2D eigenvalue weighted by molar-refractivity contribution is -0.384. The topological polar surface area (TPSA) is 129 Å². The third-order valence-electron chi connectivity index (χ3n) is 5.09. The Labute approximate surface area is 199 Å². The number of fused-ring (bicyclic) bond motifs is 2. The molecule has 4 aromatic rings. The van der Waals surface area contributed by atoms with Gasteiger partial charge in [-0.15, -0.1) is 6.58 Å². The van der Waals surface area contributed by atoms with Crippen molar-refractivity contribution in [1.82, 2.24) is 14.5 Å². The maximum Gasteiger partial charge on any atom is 0.344 e. The van der Waals surface area contributed by atoms with E-state index in [-0.39, 0.29) is 30.2 Å². The van der Waals surface area contributed by atoms with Gasteiger partial charge in [-0.25, -0.2) is 14.8 Å². The predicted octanol–water partition coefficient (Wildman–Crippen LogP) is 4.51. The summed E-state index contributed by atoms with van der Waals surface area (Å²) >= 11 is 0. The van der Waals surface area contributed by atoms with Gasteiger partial charge in [-0.1, -0.05) is 30.3 Å². The van der Waals surface area contributed by atoms with E-state index in [2.05, 4.69) is 21.9 Å². The van der Waals surface area contributed by atoms with Crippen LogP contribution in [0.25, 0.3) is 28.3 Å². The Morgan fingerprint density at radius 1 is 1.17 bits per heavy atom. The normalized spacial score (nSPS) is 11.1. The van der Waals surface area contributed by atoms with E-state index in [9.17, 15) is 19.7 Å². The number of hydrogen-bond donors (Lipinski definition) is 1. The number of rotatable bonds is 8. The molecule has 0 aliphatic heterocycles. The van der Waals surface area contributed by atoms with Gasteiger partial charge in [-0.2, -0.15) is 0 Å². The number of non-ortho nitro benzene ring substituents is 1. The predicted molar refractivity (Wildman–Crippen MR) is 132 cm³/mol. The molecule has 4 rings (SSSR count). The molecule has 35 heavy (non-hydrogen) atoms. The summed E-state index contributed by atoms with van der Waals surface area (Å²) in [4.78, 5) is 45.5. The summed E-state index contributed by atoms with van der Waals surface area (Å²) in [6.45, 7) is 5.83. The first kappa shape index (κ1) is 23.3. The van der Waals surface area contributed by atoms with E-state index in [1.807, 2.05) is 12.1 Å². The summed E-state index contributed by atoms with van der Waals surface area (Å²) in [6, 6.07) is 13.1. The third kappa shape index (κ3) is 4.76. The van der Waals surface area contributed by atoms with Crippen molar-refractivity contribution in [2.45, 2.75) is 13.5 Å². The minimum atomic E-state index is -0.650. The molecular formula is C25H21N5O5. The number of nitro groups is 1. The zero-order chi connectivity index (χ0) is 24.9. The Bertz CT molecular complexity index is 1510. The van der Waals surface area contributed by atoms with Crippen LogP contribution in [0.15, 0.2) is 67.3 Å². The molecule has 0 saturated carbocycles. The maximum atomic E-state index is 12.9. The summed E-state index contributed by atoms with van der Waals surface area (Å²) in [5, 5.41) is 13.7. The van der Waals surface area contributed by atoms with Gasteiger partial charge in [-0.3, -0.25) is 14.9 Å². The van der Waals surface area contributed by atoms with Gasteiger partial charge in [-0.05, 0) is 30.7 Å². The second kappa shape index (κ2) is 9.96. The molecular weight excluding hydrogens is 450 g/mol. The lowest BCUT2D eigenvalue weighted by atomic mass is 10.2. The number of aromatic nitrogens is 3. The van der Waals surface area contributed by atoms with E-state index in [4.69, 9.17) is 4.74 Å². The highest BCUT2D eigenvalue weighted by Gasteiger charge is 2.27. The van der Waals surface area contributed by atoms with Crippen LogP contribution in [0.4, 0.5) is 11.5 Å². The first-order chi connectivity index (χ1) is 16.9. The summed E-state index contributed by atoms with van der Waals surface area (Å²) < 4.78 is 6.88. The number of anilines is 1. The van der Waals surface area contributed by atoms with Gasteiger partial charge in [0.2, 0.25) is 5.91 Å². The van der Waals surface area contributed by atoms with Crippen molar-refractivity contribution in [2.24, 2.45) is 0 Å². The van der Waals surface area contributed by atoms with Crippen LogP contribution in [-0.2, 0) is 16.1 Å². The van der Waals surface area contributed by atoms with Gasteiger partial charge >= 0.3 is 5.97 Å². The Balaban J connectivity index is 1.80. The number of carbonyl (C=O) groups excluding carboxylic acids is 2. The maximum absolute atomic E-state index is 12.9. The molecule has 0 radical (unpaired) electrons. The molecule has 0 fully saturated rings. The van der Waals surface area contributed by atoms with Crippen molar-refractivity contribution < 1.29 is 19.2 Å². The molecule has 2 heterocycles. The van der Waals surface area contributed by atoms with Gasteiger partial charge in [0.1, 0.15) is 16.9 Å². The number of nitro benzene ring substituents is 1. The highest BCUT2D eigenvalue weighted by Crippen LogP contribution is 2.31. The zero-order valence-electron chi connectivity index (χ0n) is 18.8. The van der Waals surface area contributed by atoms with Crippen LogP contribution in [0.5, 0.6) is 0 Å². The number of para-hydroxylation sites is 2. The number of nitrogens with one attached hydrogen (secondary N) is 1. The van der Waals surface area contributed by atoms with Gasteiger partial charge in [0.15, 0.2) is 5.65 Å². The van der Waals surface area contributed by atoms with Crippen molar-refractivity contribution in [1.29, 1.82) is 0 Å². The molecule has 0 spiro atoms. The largest absolute Gasteiger partial charge is 0.462 e. The highest BCUT2D eigenvalue weighted by molar-refractivity contribution is 6.13. The Hall–Kier alpha value is -4.86. The number of amides is 1. The van der Waals surface area contributed by atoms with Crippen LogP contribution in [0, 0.1) is 10.1 Å². The van der Waals surface area contributed by atoms with E-state index < -0.39 is 16.8 Å². The monoisotopic (exact) mass is 471 g/mol. The van der Waals surface area contributed by atoms with Crippen molar-refractivity contribution in [3.63, 3.8) is 0 Å². The fourth-order valence-corrected chi connectivity index (χ4v) is 3.61. The molecule has 0 aliphatic carbocycles. The fraction of sp³-hybridized carbons (Fsp3) is 0.120. The van der Waals surface area contributed by atoms with Crippen LogP contribution in [0.2, 0.25) is 0 Å². The third-order valence-corrected chi connectivity index (χ3v) is 5.09. The second-order valence-electron chi connectivity index (χ2n) is 7.40. The summed E-state index contributed by atoms with van der Waals surface area (Å²) in [6.07, 6.45) is 4.28. The highest BCUT2D eigenvalue weighted by atomic mass is 16.6. The van der Waals surface area contributed by atoms with E-state index in [0.29, 0.717) is 27.8 Å². The van der Waals surface area contributed by atoms with Gasteiger partial charge in [0.25, 0.3) is 5.69 Å². The van der Waals surface area contributed by atoms with Crippen molar-refractivity contribution in [2.75, 3.05) is 11.9 Å². The summed E-state index contributed by atoms with van der Waals surface area (Å²) in [5.74, 6) is -1.04. The molecule has 0 atom stereocenters. The number of ether oxygens (including phenoxy) is 1. The number of esters is 1. The molecule has 0 aliphatic rings. The molecule has 2 aromatic carbocycles. The smallest absolute Gasteiger partial charge is 0.344 e. The SMILES string of the molecule is C=CCn1c(NC(=O)C=Cc2cccc([N+](=O)[O-])c2)c(C(=O)OCC)c2nc3ccccc3nc21.